The minimum absolute atomic E-state index is 0.295. The molecule has 2 aromatic carbocycles. The molecule has 0 fully saturated rings. The number of esters is 1. The normalized spacial score (nSPS) is 10.6. The van der Waals surface area contributed by atoms with E-state index < -0.39 is 18.5 Å². The minimum Gasteiger partial charge on any atom is -0.482 e. The molecule has 0 aliphatic rings. The number of benzene rings is 2. The van der Waals surface area contributed by atoms with Gasteiger partial charge in [-0.3, -0.25) is 10.1 Å². The molecule has 0 saturated heterocycles. The van der Waals surface area contributed by atoms with Gasteiger partial charge in [0.25, 0.3) is 5.91 Å². The molecular formula is C19H17ClN2O4S. The van der Waals surface area contributed by atoms with Crippen LogP contribution in [0.25, 0.3) is 10.2 Å². The molecule has 0 atom stereocenters. The zero-order chi connectivity index (χ0) is 19.4. The third kappa shape index (κ3) is 5.18. The second-order valence-electron chi connectivity index (χ2n) is 5.90. The number of amides is 1. The van der Waals surface area contributed by atoms with Gasteiger partial charge in [-0.2, -0.15) is 0 Å². The Balaban J connectivity index is 1.47. The van der Waals surface area contributed by atoms with Crippen LogP contribution < -0.4 is 10.1 Å². The summed E-state index contributed by atoms with van der Waals surface area (Å²) in [5, 5.41) is 3.68. The summed E-state index contributed by atoms with van der Waals surface area (Å²) in [5.74, 6) is -0.563. The summed E-state index contributed by atoms with van der Waals surface area (Å²) in [6, 6.07) is 10.9. The van der Waals surface area contributed by atoms with Gasteiger partial charge in [-0.25, -0.2) is 9.78 Å². The molecule has 1 amide bonds. The van der Waals surface area contributed by atoms with Crippen LogP contribution in [0.3, 0.4) is 0 Å². The number of thiazole rings is 1. The average molecular weight is 405 g/mol. The number of hydrogen-bond donors (Lipinski definition) is 1. The molecule has 0 bridgehead atoms. The fraction of sp³-hybridized carbons (Fsp3) is 0.211. The van der Waals surface area contributed by atoms with Crippen LogP contribution in [-0.2, 0) is 14.3 Å². The van der Waals surface area contributed by atoms with Crippen molar-refractivity contribution in [2.45, 2.75) is 13.8 Å². The molecule has 3 aromatic rings. The van der Waals surface area contributed by atoms with Crippen LogP contribution >= 0.6 is 22.9 Å². The number of rotatable bonds is 6. The Kier molecular flexibility index (Phi) is 5.93. The summed E-state index contributed by atoms with van der Waals surface area (Å²) in [7, 11) is 0. The molecule has 0 aliphatic heterocycles. The lowest BCUT2D eigenvalue weighted by molar-refractivity contribution is -0.149. The number of carbonyl (C=O) groups is 2. The SMILES string of the molecule is Cc1ccc2nc(NC(=O)COC(=O)COc3ccc(Cl)cc3C)sc2c1. The van der Waals surface area contributed by atoms with E-state index >= 15 is 0 Å². The summed E-state index contributed by atoms with van der Waals surface area (Å²) < 4.78 is 11.3. The van der Waals surface area contributed by atoms with Gasteiger partial charge in [0, 0.05) is 5.02 Å². The summed E-state index contributed by atoms with van der Waals surface area (Å²) in [5.41, 5.74) is 2.73. The first-order valence-electron chi connectivity index (χ1n) is 8.12. The second kappa shape index (κ2) is 8.37. The van der Waals surface area contributed by atoms with E-state index in [-0.39, 0.29) is 6.61 Å². The smallest absolute Gasteiger partial charge is 0.344 e. The highest BCUT2D eigenvalue weighted by Gasteiger charge is 2.12. The molecule has 0 radical (unpaired) electrons. The maximum Gasteiger partial charge on any atom is 0.344 e. The van der Waals surface area contributed by atoms with Crippen molar-refractivity contribution in [2.24, 2.45) is 0 Å². The Bertz CT molecular complexity index is 1000. The molecule has 1 aromatic heterocycles. The highest BCUT2D eigenvalue weighted by molar-refractivity contribution is 7.22. The highest BCUT2D eigenvalue weighted by atomic mass is 35.5. The first-order valence-corrected chi connectivity index (χ1v) is 9.32. The molecule has 140 valence electrons. The number of halogens is 1. The number of aromatic nitrogens is 1. The molecule has 0 spiro atoms. The van der Waals surface area contributed by atoms with Crippen LogP contribution in [0, 0.1) is 13.8 Å². The monoisotopic (exact) mass is 404 g/mol. The first-order chi connectivity index (χ1) is 12.9. The van der Waals surface area contributed by atoms with Gasteiger partial charge in [0.15, 0.2) is 18.3 Å². The van der Waals surface area contributed by atoms with Gasteiger partial charge in [0.1, 0.15) is 5.75 Å². The number of hydrogen-bond acceptors (Lipinski definition) is 6. The van der Waals surface area contributed by atoms with Crippen LogP contribution in [0.1, 0.15) is 11.1 Å². The van der Waals surface area contributed by atoms with Gasteiger partial charge in [-0.15, -0.1) is 0 Å². The molecule has 8 heteroatoms. The number of aryl methyl sites for hydroxylation is 2. The van der Waals surface area contributed by atoms with E-state index in [9.17, 15) is 9.59 Å². The van der Waals surface area contributed by atoms with E-state index in [2.05, 4.69) is 10.3 Å². The Morgan fingerprint density at radius 1 is 1.15 bits per heavy atom. The number of fused-ring (bicyclic) bond motifs is 1. The van der Waals surface area contributed by atoms with Gasteiger partial charge >= 0.3 is 5.97 Å². The Morgan fingerprint density at radius 3 is 2.74 bits per heavy atom. The molecule has 3 rings (SSSR count). The van der Waals surface area contributed by atoms with Crippen LogP contribution in [-0.4, -0.2) is 30.1 Å². The maximum absolute atomic E-state index is 11.9. The Hall–Kier alpha value is -2.64. The van der Waals surface area contributed by atoms with Crippen LogP contribution in [0.5, 0.6) is 5.75 Å². The van der Waals surface area contributed by atoms with Crippen molar-refractivity contribution in [1.82, 2.24) is 4.98 Å². The molecule has 0 aliphatic carbocycles. The number of anilines is 1. The summed E-state index contributed by atoms with van der Waals surface area (Å²) in [6.45, 7) is 3.11. The predicted molar refractivity (Wildman–Crippen MR) is 106 cm³/mol. The van der Waals surface area contributed by atoms with Crippen LogP contribution in [0.4, 0.5) is 5.13 Å². The summed E-state index contributed by atoms with van der Waals surface area (Å²) >= 11 is 7.23. The Morgan fingerprint density at radius 2 is 1.96 bits per heavy atom. The van der Waals surface area contributed by atoms with E-state index in [4.69, 9.17) is 21.1 Å². The molecule has 0 unspecified atom stereocenters. The molecule has 0 saturated carbocycles. The standard InChI is InChI=1S/C19H17ClN2O4S/c1-11-3-5-14-16(7-11)27-19(21-14)22-17(23)9-26-18(24)10-25-15-6-4-13(20)8-12(15)2/h3-8H,9-10H2,1-2H3,(H,21,22,23). The number of ether oxygens (including phenoxy) is 2. The largest absolute Gasteiger partial charge is 0.482 e. The van der Waals surface area contributed by atoms with Crippen molar-refractivity contribution in [3.8, 4) is 5.75 Å². The van der Waals surface area contributed by atoms with E-state index in [1.807, 2.05) is 32.0 Å². The quantitative estimate of drug-likeness (QED) is 0.625. The van der Waals surface area contributed by atoms with Crippen molar-refractivity contribution in [3.05, 3.63) is 52.5 Å². The number of nitrogens with zero attached hydrogens (tertiary/aromatic N) is 1. The Labute approximate surface area is 165 Å². The van der Waals surface area contributed by atoms with E-state index in [1.165, 1.54) is 11.3 Å². The maximum atomic E-state index is 11.9. The van der Waals surface area contributed by atoms with Crippen molar-refractivity contribution in [3.63, 3.8) is 0 Å². The van der Waals surface area contributed by atoms with Crippen molar-refractivity contribution < 1.29 is 19.1 Å². The third-order valence-electron chi connectivity index (χ3n) is 3.64. The number of carbonyl (C=O) groups excluding carboxylic acids is 2. The lowest BCUT2D eigenvalue weighted by atomic mass is 10.2. The zero-order valence-electron chi connectivity index (χ0n) is 14.7. The summed E-state index contributed by atoms with van der Waals surface area (Å²) in [4.78, 5) is 28.0. The van der Waals surface area contributed by atoms with Crippen molar-refractivity contribution in [1.29, 1.82) is 0 Å². The first kappa shape index (κ1) is 19.1. The second-order valence-corrected chi connectivity index (χ2v) is 7.36. The lowest BCUT2D eigenvalue weighted by Crippen LogP contribution is -2.23. The lowest BCUT2D eigenvalue weighted by Gasteiger charge is -2.09. The highest BCUT2D eigenvalue weighted by Crippen LogP contribution is 2.26. The third-order valence-corrected chi connectivity index (χ3v) is 4.81. The molecule has 1 N–H and O–H groups in total. The minimum atomic E-state index is -0.639. The van der Waals surface area contributed by atoms with Gasteiger partial charge in [0.2, 0.25) is 0 Å². The topological polar surface area (TPSA) is 77.5 Å². The van der Waals surface area contributed by atoms with E-state index in [1.54, 1.807) is 18.2 Å². The van der Waals surface area contributed by atoms with Crippen molar-refractivity contribution >= 4 is 50.2 Å². The fourth-order valence-electron chi connectivity index (χ4n) is 2.34. The van der Waals surface area contributed by atoms with Crippen LogP contribution in [0.2, 0.25) is 5.02 Å². The molecule has 27 heavy (non-hydrogen) atoms. The molecular weight excluding hydrogens is 388 g/mol. The molecule has 1 heterocycles. The predicted octanol–water partition coefficient (Wildman–Crippen LogP) is 4.13. The zero-order valence-corrected chi connectivity index (χ0v) is 16.3. The van der Waals surface area contributed by atoms with Gasteiger partial charge in [0.05, 0.1) is 10.2 Å². The van der Waals surface area contributed by atoms with E-state index in [0.29, 0.717) is 15.9 Å². The molecule has 6 nitrogen and oxygen atoms in total. The van der Waals surface area contributed by atoms with Gasteiger partial charge < -0.3 is 9.47 Å². The average Bonchev–Trinajstić information content (AvgIpc) is 3.00. The van der Waals surface area contributed by atoms with Gasteiger partial charge in [-0.05, 0) is 55.3 Å². The summed E-state index contributed by atoms with van der Waals surface area (Å²) in [6.07, 6.45) is 0. The number of nitrogens with one attached hydrogen (secondary N) is 1. The van der Waals surface area contributed by atoms with Crippen molar-refractivity contribution in [2.75, 3.05) is 18.5 Å². The van der Waals surface area contributed by atoms with Crippen LogP contribution in [0.15, 0.2) is 36.4 Å². The van der Waals surface area contributed by atoms with Gasteiger partial charge in [-0.1, -0.05) is 29.0 Å². The van der Waals surface area contributed by atoms with E-state index in [0.717, 1.165) is 21.3 Å². The fourth-order valence-corrected chi connectivity index (χ4v) is 3.55.